The lowest BCUT2D eigenvalue weighted by Crippen LogP contribution is -1.96. The van der Waals surface area contributed by atoms with Crippen molar-refractivity contribution >= 4 is 12.0 Å². The minimum Gasteiger partial charge on any atom is -0.478 e. The number of rotatable bonds is 11. The molecule has 0 aliphatic rings. The number of carbonyl (C=O) groups is 1. The standard InChI is InChI=1S/C18H26O3/c1-2-3-4-5-6-7-13-21-15-17-10-8-9-16(14-17)11-12-18(19)20/h8-12,14H,2-7,13,15H2,1H3,(H,19,20). The van der Waals surface area contributed by atoms with Crippen molar-refractivity contribution in [3.05, 3.63) is 41.5 Å². The molecule has 0 saturated carbocycles. The van der Waals surface area contributed by atoms with Gasteiger partial charge in [-0.3, -0.25) is 0 Å². The fourth-order valence-electron chi connectivity index (χ4n) is 2.13. The number of carboxylic acid groups (broad SMARTS) is 1. The maximum Gasteiger partial charge on any atom is 0.328 e. The molecule has 0 radical (unpaired) electrons. The maximum absolute atomic E-state index is 10.5. The normalized spacial score (nSPS) is 11.1. The topological polar surface area (TPSA) is 46.5 Å². The number of carboxylic acids is 1. The Bertz CT molecular complexity index is 438. The summed E-state index contributed by atoms with van der Waals surface area (Å²) >= 11 is 0. The Morgan fingerprint density at radius 1 is 1.19 bits per heavy atom. The molecule has 0 aromatic heterocycles. The summed E-state index contributed by atoms with van der Waals surface area (Å²) in [7, 11) is 0. The van der Waals surface area contributed by atoms with E-state index in [4.69, 9.17) is 9.84 Å². The van der Waals surface area contributed by atoms with Crippen LogP contribution in [0.4, 0.5) is 0 Å². The van der Waals surface area contributed by atoms with Crippen LogP contribution in [0.5, 0.6) is 0 Å². The summed E-state index contributed by atoms with van der Waals surface area (Å²) in [6.45, 7) is 3.61. The largest absolute Gasteiger partial charge is 0.478 e. The third kappa shape index (κ3) is 9.03. The number of aliphatic carboxylic acids is 1. The Labute approximate surface area is 127 Å². The van der Waals surface area contributed by atoms with E-state index in [9.17, 15) is 4.79 Å². The summed E-state index contributed by atoms with van der Waals surface area (Å²) in [4.78, 5) is 10.5. The molecule has 0 spiro atoms. The zero-order valence-electron chi connectivity index (χ0n) is 12.9. The van der Waals surface area contributed by atoms with Crippen LogP contribution in [0.25, 0.3) is 6.08 Å². The Morgan fingerprint density at radius 3 is 2.71 bits per heavy atom. The van der Waals surface area contributed by atoms with Gasteiger partial charge in [0.1, 0.15) is 0 Å². The van der Waals surface area contributed by atoms with Gasteiger partial charge < -0.3 is 9.84 Å². The van der Waals surface area contributed by atoms with Gasteiger partial charge in [0, 0.05) is 12.7 Å². The first-order valence-corrected chi connectivity index (χ1v) is 7.80. The third-order valence-corrected chi connectivity index (χ3v) is 3.28. The Balaban J connectivity index is 2.20. The van der Waals surface area contributed by atoms with Gasteiger partial charge >= 0.3 is 5.97 Å². The van der Waals surface area contributed by atoms with E-state index in [0.29, 0.717) is 6.61 Å². The van der Waals surface area contributed by atoms with Gasteiger partial charge in [-0.2, -0.15) is 0 Å². The third-order valence-electron chi connectivity index (χ3n) is 3.28. The summed E-state index contributed by atoms with van der Waals surface area (Å²) < 4.78 is 5.67. The number of hydrogen-bond donors (Lipinski definition) is 1. The summed E-state index contributed by atoms with van der Waals surface area (Å²) in [6.07, 6.45) is 10.3. The fraction of sp³-hybridized carbons (Fsp3) is 0.500. The minimum atomic E-state index is -0.931. The van der Waals surface area contributed by atoms with Crippen molar-refractivity contribution < 1.29 is 14.6 Å². The van der Waals surface area contributed by atoms with E-state index in [-0.39, 0.29) is 0 Å². The molecule has 1 aromatic rings. The highest BCUT2D eigenvalue weighted by Gasteiger charge is 1.96. The lowest BCUT2D eigenvalue weighted by molar-refractivity contribution is -0.131. The second-order valence-corrected chi connectivity index (χ2v) is 5.24. The Hall–Kier alpha value is -1.61. The lowest BCUT2D eigenvalue weighted by Gasteiger charge is -2.05. The van der Waals surface area contributed by atoms with Crippen molar-refractivity contribution in [2.24, 2.45) is 0 Å². The van der Waals surface area contributed by atoms with Crippen molar-refractivity contribution in [1.82, 2.24) is 0 Å². The zero-order chi connectivity index (χ0) is 15.3. The number of ether oxygens (including phenoxy) is 1. The molecule has 116 valence electrons. The number of hydrogen-bond acceptors (Lipinski definition) is 2. The van der Waals surface area contributed by atoms with Crippen molar-refractivity contribution in [3.8, 4) is 0 Å². The van der Waals surface area contributed by atoms with E-state index in [0.717, 1.165) is 30.2 Å². The highest BCUT2D eigenvalue weighted by molar-refractivity contribution is 5.85. The van der Waals surface area contributed by atoms with Gasteiger partial charge in [0.15, 0.2) is 0 Å². The molecule has 0 aliphatic heterocycles. The molecule has 1 aromatic carbocycles. The van der Waals surface area contributed by atoms with Crippen LogP contribution in [0.1, 0.15) is 56.6 Å². The average molecular weight is 290 g/mol. The SMILES string of the molecule is CCCCCCCCOCc1cccc(C=CC(=O)O)c1. The highest BCUT2D eigenvalue weighted by Crippen LogP contribution is 2.10. The van der Waals surface area contributed by atoms with E-state index >= 15 is 0 Å². The van der Waals surface area contributed by atoms with Crippen LogP contribution in [0, 0.1) is 0 Å². The van der Waals surface area contributed by atoms with Crippen molar-refractivity contribution in [2.45, 2.75) is 52.1 Å². The highest BCUT2D eigenvalue weighted by atomic mass is 16.5. The molecule has 3 nitrogen and oxygen atoms in total. The molecule has 0 unspecified atom stereocenters. The van der Waals surface area contributed by atoms with Gasteiger partial charge in [0.25, 0.3) is 0 Å². The molecule has 0 atom stereocenters. The average Bonchev–Trinajstić information content (AvgIpc) is 2.48. The van der Waals surface area contributed by atoms with E-state index in [1.165, 1.54) is 32.1 Å². The zero-order valence-corrected chi connectivity index (χ0v) is 12.9. The van der Waals surface area contributed by atoms with E-state index in [1.807, 2.05) is 24.3 Å². The molecule has 0 fully saturated rings. The summed E-state index contributed by atoms with van der Waals surface area (Å²) in [5.41, 5.74) is 1.96. The molecule has 0 bridgehead atoms. The van der Waals surface area contributed by atoms with Gasteiger partial charge in [0.05, 0.1) is 6.61 Å². The molecule has 1 rings (SSSR count). The van der Waals surface area contributed by atoms with E-state index in [1.54, 1.807) is 6.08 Å². The minimum absolute atomic E-state index is 0.587. The number of unbranched alkanes of at least 4 members (excludes halogenated alkanes) is 5. The lowest BCUT2D eigenvalue weighted by atomic mass is 10.1. The Morgan fingerprint density at radius 2 is 1.95 bits per heavy atom. The van der Waals surface area contributed by atoms with Crippen molar-refractivity contribution in [1.29, 1.82) is 0 Å². The van der Waals surface area contributed by atoms with E-state index in [2.05, 4.69) is 6.92 Å². The van der Waals surface area contributed by atoms with Crippen LogP contribution in [0.15, 0.2) is 30.3 Å². The van der Waals surface area contributed by atoms with Gasteiger partial charge in [-0.1, -0.05) is 57.2 Å². The van der Waals surface area contributed by atoms with Crippen LogP contribution in [-0.2, 0) is 16.1 Å². The molecule has 3 heteroatoms. The first kappa shape index (κ1) is 17.4. The number of benzene rings is 1. The van der Waals surface area contributed by atoms with Crippen molar-refractivity contribution in [2.75, 3.05) is 6.61 Å². The summed E-state index contributed by atoms with van der Waals surface area (Å²) in [6, 6.07) is 7.77. The van der Waals surface area contributed by atoms with Crippen molar-refractivity contribution in [3.63, 3.8) is 0 Å². The molecule has 0 amide bonds. The molecule has 21 heavy (non-hydrogen) atoms. The van der Waals surface area contributed by atoms with Gasteiger partial charge in [0.2, 0.25) is 0 Å². The molecular formula is C18H26O3. The van der Waals surface area contributed by atoms with Gasteiger partial charge in [-0.15, -0.1) is 0 Å². The molecule has 0 saturated heterocycles. The molecule has 0 aliphatic carbocycles. The predicted molar refractivity (Wildman–Crippen MR) is 86.1 cm³/mol. The first-order valence-electron chi connectivity index (χ1n) is 7.80. The molecule has 0 heterocycles. The summed E-state index contributed by atoms with van der Waals surface area (Å²) in [5, 5.41) is 8.61. The van der Waals surface area contributed by atoms with Gasteiger partial charge in [-0.05, 0) is 29.7 Å². The molecular weight excluding hydrogens is 264 g/mol. The Kier molecular flexibility index (Phi) is 9.21. The van der Waals surface area contributed by atoms with Crippen LogP contribution in [-0.4, -0.2) is 17.7 Å². The first-order chi connectivity index (χ1) is 10.2. The van der Waals surface area contributed by atoms with E-state index < -0.39 is 5.97 Å². The fourth-order valence-corrected chi connectivity index (χ4v) is 2.13. The predicted octanol–water partition coefficient (Wildman–Crippen LogP) is 4.66. The maximum atomic E-state index is 10.5. The summed E-state index contributed by atoms with van der Waals surface area (Å²) in [5.74, 6) is -0.931. The van der Waals surface area contributed by atoms with Gasteiger partial charge in [-0.25, -0.2) is 4.79 Å². The van der Waals surface area contributed by atoms with Crippen LogP contribution in [0.3, 0.4) is 0 Å². The second kappa shape index (κ2) is 11.1. The second-order valence-electron chi connectivity index (χ2n) is 5.24. The molecule has 1 N–H and O–H groups in total. The van der Waals surface area contributed by atoms with Crippen LogP contribution in [0.2, 0.25) is 0 Å². The quantitative estimate of drug-likeness (QED) is 0.476. The van der Waals surface area contributed by atoms with Crippen LogP contribution < -0.4 is 0 Å². The van der Waals surface area contributed by atoms with Crippen LogP contribution >= 0.6 is 0 Å². The smallest absolute Gasteiger partial charge is 0.328 e. The monoisotopic (exact) mass is 290 g/mol.